The van der Waals surface area contributed by atoms with Crippen LogP contribution in [0.25, 0.3) is 11.6 Å². The lowest BCUT2D eigenvalue weighted by atomic mass is 10.0. The lowest BCUT2D eigenvalue weighted by Gasteiger charge is -2.15. The molecule has 2 aromatic heterocycles. The lowest BCUT2D eigenvalue weighted by molar-refractivity contribution is -0.116. The molecule has 1 amide bonds. The molecule has 3 aromatic rings. The highest BCUT2D eigenvalue weighted by Gasteiger charge is 2.25. The molecule has 8 heteroatoms. The minimum atomic E-state index is -0.323. The number of hydrogen-bond donors (Lipinski definition) is 0. The first-order chi connectivity index (χ1) is 13.5. The molecule has 0 bridgehead atoms. The third-order valence-electron chi connectivity index (χ3n) is 4.87. The van der Waals surface area contributed by atoms with Crippen LogP contribution in [0.4, 0.5) is 5.69 Å². The average Bonchev–Trinajstić information content (AvgIpc) is 3.41. The van der Waals surface area contributed by atoms with Gasteiger partial charge in [-0.05, 0) is 49.2 Å². The molecule has 0 spiro atoms. The van der Waals surface area contributed by atoms with Gasteiger partial charge in [-0.15, -0.1) is 10.2 Å². The second-order valence-corrected chi connectivity index (χ2v) is 8.04. The highest BCUT2D eigenvalue weighted by atomic mass is 32.2. The monoisotopic (exact) mass is 396 g/mol. The van der Waals surface area contributed by atoms with Crippen molar-refractivity contribution >= 4 is 29.1 Å². The van der Waals surface area contributed by atoms with E-state index < -0.39 is 0 Å². The number of aromatic nitrogens is 3. The zero-order chi connectivity index (χ0) is 19.8. The van der Waals surface area contributed by atoms with Crippen LogP contribution in [0.5, 0.6) is 0 Å². The molecule has 144 valence electrons. The van der Waals surface area contributed by atoms with Crippen molar-refractivity contribution in [3.05, 3.63) is 47.7 Å². The number of fused-ring (bicyclic) bond motifs is 1. The molecule has 1 aromatic carbocycles. The van der Waals surface area contributed by atoms with Crippen LogP contribution >= 0.6 is 11.8 Å². The van der Waals surface area contributed by atoms with Crippen LogP contribution in [-0.4, -0.2) is 38.2 Å². The van der Waals surface area contributed by atoms with Gasteiger partial charge in [0, 0.05) is 31.8 Å². The minimum absolute atomic E-state index is 0.0244. The Balaban J connectivity index is 1.51. The average molecular weight is 396 g/mol. The van der Waals surface area contributed by atoms with E-state index in [0.717, 1.165) is 17.7 Å². The fourth-order valence-electron chi connectivity index (χ4n) is 3.37. The van der Waals surface area contributed by atoms with Crippen LogP contribution in [0, 0.1) is 0 Å². The molecule has 1 unspecified atom stereocenters. The molecule has 1 atom stereocenters. The Morgan fingerprint density at radius 1 is 1.25 bits per heavy atom. The lowest BCUT2D eigenvalue weighted by Crippen LogP contribution is -2.25. The second-order valence-electron chi connectivity index (χ2n) is 6.73. The van der Waals surface area contributed by atoms with Gasteiger partial charge in [-0.1, -0.05) is 11.8 Å². The van der Waals surface area contributed by atoms with Crippen LogP contribution < -0.4 is 4.90 Å². The van der Waals surface area contributed by atoms with Crippen molar-refractivity contribution < 1.29 is 14.0 Å². The molecular weight excluding hydrogens is 376 g/mol. The Morgan fingerprint density at radius 3 is 2.79 bits per heavy atom. The van der Waals surface area contributed by atoms with E-state index in [4.69, 9.17) is 4.42 Å². The Kier molecular flexibility index (Phi) is 4.80. The Morgan fingerprint density at radius 2 is 2.07 bits per heavy atom. The normalized spacial score (nSPS) is 14.2. The van der Waals surface area contributed by atoms with Crippen molar-refractivity contribution in [3.8, 4) is 11.6 Å². The SMILES string of the molecule is CC(=O)N1CCc2cc(C(=O)C(C)Sc3nnc(-c4ccco4)n3C)ccc21. The van der Waals surface area contributed by atoms with E-state index in [1.54, 1.807) is 30.2 Å². The summed E-state index contributed by atoms with van der Waals surface area (Å²) in [5.41, 5.74) is 2.59. The zero-order valence-electron chi connectivity index (χ0n) is 15.9. The zero-order valence-corrected chi connectivity index (χ0v) is 16.7. The number of Topliss-reactive ketones (excluding diaryl/α,β-unsaturated/α-hetero) is 1. The van der Waals surface area contributed by atoms with E-state index in [0.29, 0.717) is 28.8 Å². The van der Waals surface area contributed by atoms with Gasteiger partial charge in [-0.2, -0.15) is 0 Å². The molecule has 0 radical (unpaired) electrons. The molecule has 1 aliphatic heterocycles. The molecular formula is C20H20N4O3S. The number of benzene rings is 1. The summed E-state index contributed by atoms with van der Waals surface area (Å²) in [6, 6.07) is 9.19. The molecule has 0 saturated heterocycles. The van der Waals surface area contributed by atoms with Gasteiger partial charge < -0.3 is 13.9 Å². The van der Waals surface area contributed by atoms with Crippen molar-refractivity contribution in [1.82, 2.24) is 14.8 Å². The Hall–Kier alpha value is -2.87. The smallest absolute Gasteiger partial charge is 0.223 e. The summed E-state index contributed by atoms with van der Waals surface area (Å²) in [6.07, 6.45) is 2.36. The first kappa shape index (κ1) is 18.5. The maximum Gasteiger partial charge on any atom is 0.223 e. The van der Waals surface area contributed by atoms with E-state index in [-0.39, 0.29) is 16.9 Å². The first-order valence-corrected chi connectivity index (χ1v) is 9.89. The number of amides is 1. The van der Waals surface area contributed by atoms with Crippen LogP contribution in [-0.2, 0) is 18.3 Å². The maximum atomic E-state index is 12.9. The summed E-state index contributed by atoms with van der Waals surface area (Å²) in [4.78, 5) is 26.4. The Bertz CT molecular complexity index is 1040. The topological polar surface area (TPSA) is 81.2 Å². The molecule has 0 fully saturated rings. The van der Waals surface area contributed by atoms with Crippen LogP contribution in [0.3, 0.4) is 0 Å². The number of nitrogens with zero attached hydrogens (tertiary/aromatic N) is 4. The van der Waals surface area contributed by atoms with Gasteiger partial charge in [0.15, 0.2) is 22.5 Å². The van der Waals surface area contributed by atoms with Gasteiger partial charge in [-0.3, -0.25) is 9.59 Å². The van der Waals surface area contributed by atoms with Crippen LogP contribution in [0.2, 0.25) is 0 Å². The van der Waals surface area contributed by atoms with E-state index >= 15 is 0 Å². The van der Waals surface area contributed by atoms with Gasteiger partial charge in [-0.25, -0.2) is 0 Å². The van der Waals surface area contributed by atoms with E-state index in [2.05, 4.69) is 10.2 Å². The summed E-state index contributed by atoms with van der Waals surface area (Å²) in [5, 5.41) is 8.69. The standard InChI is InChI=1S/C20H20N4O3S/c1-12(28-20-22-21-19(23(20)3)17-5-4-10-27-17)18(26)15-6-7-16-14(11-15)8-9-24(16)13(2)25/h4-7,10-12H,8-9H2,1-3H3. The number of hydrogen-bond acceptors (Lipinski definition) is 6. The first-order valence-electron chi connectivity index (χ1n) is 9.01. The van der Waals surface area contributed by atoms with E-state index in [9.17, 15) is 9.59 Å². The van der Waals surface area contributed by atoms with Crippen LogP contribution in [0.1, 0.15) is 29.8 Å². The number of carbonyl (C=O) groups is 2. The third-order valence-corrected chi connectivity index (χ3v) is 6.00. The van der Waals surface area contributed by atoms with Crippen molar-refractivity contribution in [2.45, 2.75) is 30.7 Å². The molecule has 1 aliphatic rings. The number of ketones is 1. The summed E-state index contributed by atoms with van der Waals surface area (Å²) in [7, 11) is 1.85. The number of furan rings is 1. The van der Waals surface area contributed by atoms with Crippen LogP contribution in [0.15, 0.2) is 46.2 Å². The molecule has 0 N–H and O–H groups in total. The number of rotatable bonds is 5. The van der Waals surface area contributed by atoms with Crippen molar-refractivity contribution in [1.29, 1.82) is 0 Å². The third kappa shape index (κ3) is 3.24. The summed E-state index contributed by atoms with van der Waals surface area (Å²) < 4.78 is 7.20. The van der Waals surface area contributed by atoms with Crippen molar-refractivity contribution in [2.75, 3.05) is 11.4 Å². The quantitative estimate of drug-likeness (QED) is 0.486. The largest absolute Gasteiger partial charge is 0.461 e. The highest BCUT2D eigenvalue weighted by molar-refractivity contribution is 8.00. The maximum absolute atomic E-state index is 12.9. The molecule has 0 aliphatic carbocycles. The van der Waals surface area contributed by atoms with Gasteiger partial charge in [0.25, 0.3) is 0 Å². The highest BCUT2D eigenvalue weighted by Crippen LogP contribution is 2.31. The molecule has 7 nitrogen and oxygen atoms in total. The molecule has 0 saturated carbocycles. The van der Waals surface area contributed by atoms with E-state index in [1.165, 1.54) is 11.8 Å². The molecule has 3 heterocycles. The Labute approximate surface area is 166 Å². The van der Waals surface area contributed by atoms with Gasteiger partial charge >= 0.3 is 0 Å². The van der Waals surface area contributed by atoms with Gasteiger partial charge in [0.2, 0.25) is 5.91 Å². The number of anilines is 1. The molecule has 28 heavy (non-hydrogen) atoms. The second kappa shape index (κ2) is 7.27. The van der Waals surface area contributed by atoms with Gasteiger partial charge in [0.05, 0.1) is 11.5 Å². The fraction of sp³-hybridized carbons (Fsp3) is 0.300. The number of thioether (sulfide) groups is 1. The minimum Gasteiger partial charge on any atom is -0.461 e. The molecule has 4 rings (SSSR count). The van der Waals surface area contributed by atoms with Crippen molar-refractivity contribution in [2.24, 2.45) is 7.05 Å². The summed E-state index contributed by atoms with van der Waals surface area (Å²) in [6.45, 7) is 4.09. The van der Waals surface area contributed by atoms with Gasteiger partial charge in [0.1, 0.15) is 0 Å². The predicted molar refractivity (Wildman–Crippen MR) is 107 cm³/mol. The summed E-state index contributed by atoms with van der Waals surface area (Å²) in [5.74, 6) is 1.30. The van der Waals surface area contributed by atoms with Crippen molar-refractivity contribution in [3.63, 3.8) is 0 Å². The summed E-state index contributed by atoms with van der Waals surface area (Å²) >= 11 is 1.36. The predicted octanol–water partition coefficient (Wildman–Crippen LogP) is 3.35. The fourth-order valence-corrected chi connectivity index (χ4v) is 4.26. The van der Waals surface area contributed by atoms with E-state index in [1.807, 2.05) is 36.7 Å². The number of carbonyl (C=O) groups excluding carboxylic acids is 2.